The van der Waals surface area contributed by atoms with Crippen LogP contribution >= 0.6 is 0 Å². The number of nitrogens with one attached hydrogen (secondary N) is 2. The molecule has 1 aliphatic rings. The summed E-state index contributed by atoms with van der Waals surface area (Å²) in [5, 5.41) is 15.2. The first-order valence-corrected chi connectivity index (χ1v) is 6.97. The SMILES string of the molecule is COC(C)(C)CC(C)NC(=O)NC(C)(CO)C1CC1. The van der Waals surface area contributed by atoms with Crippen molar-refractivity contribution < 1.29 is 14.6 Å². The zero-order valence-electron chi connectivity index (χ0n) is 12.7. The Hall–Kier alpha value is -0.810. The van der Waals surface area contributed by atoms with Crippen LogP contribution in [0, 0.1) is 5.92 Å². The van der Waals surface area contributed by atoms with Gasteiger partial charge in [0.2, 0.25) is 0 Å². The maximum atomic E-state index is 12.0. The maximum Gasteiger partial charge on any atom is 0.315 e. The Kier molecular flexibility index (Phi) is 5.21. The first-order valence-electron chi connectivity index (χ1n) is 6.97. The van der Waals surface area contributed by atoms with Gasteiger partial charge in [-0.25, -0.2) is 4.79 Å². The number of ether oxygens (including phenoxy) is 1. The second kappa shape index (κ2) is 6.09. The molecular weight excluding hydrogens is 244 g/mol. The minimum atomic E-state index is -0.499. The summed E-state index contributed by atoms with van der Waals surface area (Å²) in [4.78, 5) is 12.0. The summed E-state index contributed by atoms with van der Waals surface area (Å²) in [5.74, 6) is 0.397. The summed E-state index contributed by atoms with van der Waals surface area (Å²) < 4.78 is 5.35. The van der Waals surface area contributed by atoms with E-state index in [-0.39, 0.29) is 24.3 Å². The predicted molar refractivity (Wildman–Crippen MR) is 75.0 cm³/mol. The van der Waals surface area contributed by atoms with E-state index in [9.17, 15) is 9.90 Å². The molecule has 3 N–H and O–H groups in total. The van der Waals surface area contributed by atoms with Crippen LogP contribution in [-0.2, 0) is 4.74 Å². The van der Waals surface area contributed by atoms with Crippen molar-refractivity contribution in [1.82, 2.24) is 10.6 Å². The van der Waals surface area contributed by atoms with Crippen LogP contribution in [0.2, 0.25) is 0 Å². The van der Waals surface area contributed by atoms with Gasteiger partial charge in [-0.3, -0.25) is 0 Å². The standard InChI is InChI=1S/C14H28N2O3/c1-10(8-13(2,3)19-5)15-12(18)16-14(4,9-17)11-6-7-11/h10-11,17H,6-9H2,1-5H3,(H2,15,16,18). The minimum absolute atomic E-state index is 0.0112. The van der Waals surface area contributed by atoms with Gasteiger partial charge in [0.25, 0.3) is 0 Å². The van der Waals surface area contributed by atoms with E-state index in [1.165, 1.54) is 0 Å². The minimum Gasteiger partial charge on any atom is -0.394 e. The van der Waals surface area contributed by atoms with Crippen molar-refractivity contribution in [2.24, 2.45) is 5.92 Å². The largest absolute Gasteiger partial charge is 0.394 e. The van der Waals surface area contributed by atoms with E-state index in [2.05, 4.69) is 10.6 Å². The Bertz CT molecular complexity index is 316. The molecule has 0 radical (unpaired) electrons. The number of hydrogen-bond donors (Lipinski definition) is 3. The molecule has 0 bridgehead atoms. The topological polar surface area (TPSA) is 70.6 Å². The van der Waals surface area contributed by atoms with Crippen molar-refractivity contribution >= 4 is 6.03 Å². The predicted octanol–water partition coefficient (Wildman–Crippen LogP) is 1.65. The Labute approximate surface area is 116 Å². The van der Waals surface area contributed by atoms with Crippen LogP contribution < -0.4 is 10.6 Å². The van der Waals surface area contributed by atoms with Gasteiger partial charge in [0, 0.05) is 13.2 Å². The van der Waals surface area contributed by atoms with E-state index < -0.39 is 5.54 Å². The molecule has 0 aromatic carbocycles. The van der Waals surface area contributed by atoms with E-state index in [1.807, 2.05) is 27.7 Å². The molecule has 5 heteroatoms. The van der Waals surface area contributed by atoms with Crippen LogP contribution in [0.25, 0.3) is 0 Å². The lowest BCUT2D eigenvalue weighted by atomic mass is 9.97. The van der Waals surface area contributed by atoms with Gasteiger partial charge in [0.1, 0.15) is 0 Å². The lowest BCUT2D eigenvalue weighted by molar-refractivity contribution is 0.00937. The van der Waals surface area contributed by atoms with Crippen molar-refractivity contribution in [3.8, 4) is 0 Å². The van der Waals surface area contributed by atoms with E-state index in [4.69, 9.17) is 4.74 Å². The summed E-state index contributed by atoms with van der Waals surface area (Å²) in [6.07, 6.45) is 2.88. The Morgan fingerprint density at radius 2 is 2.00 bits per heavy atom. The van der Waals surface area contributed by atoms with Gasteiger partial charge in [-0.1, -0.05) is 0 Å². The molecule has 0 heterocycles. The highest BCUT2D eigenvalue weighted by atomic mass is 16.5. The summed E-state index contributed by atoms with van der Waals surface area (Å²) in [7, 11) is 1.67. The van der Waals surface area contributed by atoms with E-state index >= 15 is 0 Å². The number of amides is 2. The quantitative estimate of drug-likeness (QED) is 0.660. The third kappa shape index (κ3) is 4.99. The highest BCUT2D eigenvalue weighted by Gasteiger charge is 2.42. The number of methoxy groups -OCH3 is 1. The maximum absolute atomic E-state index is 12.0. The lowest BCUT2D eigenvalue weighted by Gasteiger charge is -2.31. The van der Waals surface area contributed by atoms with E-state index in [0.29, 0.717) is 5.92 Å². The Morgan fingerprint density at radius 3 is 2.42 bits per heavy atom. The van der Waals surface area contributed by atoms with E-state index in [1.54, 1.807) is 7.11 Å². The van der Waals surface area contributed by atoms with E-state index in [0.717, 1.165) is 19.3 Å². The van der Waals surface area contributed by atoms with Crippen molar-refractivity contribution in [3.05, 3.63) is 0 Å². The number of hydrogen-bond acceptors (Lipinski definition) is 3. The van der Waals surface area contributed by atoms with Gasteiger partial charge in [-0.15, -0.1) is 0 Å². The molecule has 19 heavy (non-hydrogen) atoms. The zero-order valence-corrected chi connectivity index (χ0v) is 12.7. The average molecular weight is 272 g/mol. The monoisotopic (exact) mass is 272 g/mol. The fourth-order valence-corrected chi connectivity index (χ4v) is 2.38. The first kappa shape index (κ1) is 16.2. The normalized spacial score (nSPS) is 20.5. The number of carbonyl (C=O) groups is 1. The number of rotatable bonds is 7. The number of carbonyl (C=O) groups excluding carboxylic acids is 1. The molecule has 1 aliphatic carbocycles. The highest BCUT2D eigenvalue weighted by Crippen LogP contribution is 2.39. The number of urea groups is 1. The lowest BCUT2D eigenvalue weighted by Crippen LogP contribution is -2.55. The zero-order chi connectivity index (χ0) is 14.7. The molecule has 5 nitrogen and oxygen atoms in total. The van der Waals surface area contributed by atoms with Gasteiger partial charge in [-0.05, 0) is 52.9 Å². The highest BCUT2D eigenvalue weighted by molar-refractivity contribution is 5.75. The van der Waals surface area contributed by atoms with Gasteiger partial charge in [0.15, 0.2) is 0 Å². The molecule has 1 saturated carbocycles. The number of aliphatic hydroxyl groups is 1. The Morgan fingerprint density at radius 1 is 1.42 bits per heavy atom. The molecule has 2 unspecified atom stereocenters. The number of aliphatic hydroxyl groups excluding tert-OH is 1. The molecule has 2 amide bonds. The summed E-state index contributed by atoms with van der Waals surface area (Å²) in [6.45, 7) is 7.81. The van der Waals surface area contributed by atoms with Crippen molar-refractivity contribution in [3.63, 3.8) is 0 Å². The first-order chi connectivity index (χ1) is 8.72. The molecule has 2 atom stereocenters. The van der Waals surface area contributed by atoms with Crippen LogP contribution in [0.5, 0.6) is 0 Å². The third-order valence-electron chi connectivity index (χ3n) is 3.93. The van der Waals surface area contributed by atoms with Gasteiger partial charge in [0.05, 0.1) is 17.7 Å². The average Bonchev–Trinajstić information content (AvgIpc) is 3.11. The fourth-order valence-electron chi connectivity index (χ4n) is 2.38. The van der Waals surface area contributed by atoms with Crippen molar-refractivity contribution in [1.29, 1.82) is 0 Å². The molecule has 1 fully saturated rings. The van der Waals surface area contributed by atoms with Crippen molar-refractivity contribution in [2.45, 2.75) is 64.1 Å². The molecule has 0 aromatic rings. The fraction of sp³-hybridized carbons (Fsp3) is 0.929. The van der Waals surface area contributed by atoms with Crippen LogP contribution in [0.3, 0.4) is 0 Å². The molecular formula is C14H28N2O3. The molecule has 1 rings (SSSR count). The summed E-state index contributed by atoms with van der Waals surface area (Å²) >= 11 is 0. The van der Waals surface area contributed by atoms with Crippen LogP contribution in [0.1, 0.15) is 47.0 Å². The summed E-state index contributed by atoms with van der Waals surface area (Å²) in [5.41, 5.74) is -0.760. The molecule has 0 saturated heterocycles. The molecule has 112 valence electrons. The second-order valence-electron chi connectivity index (χ2n) is 6.52. The molecule has 0 aliphatic heterocycles. The third-order valence-corrected chi connectivity index (χ3v) is 3.93. The summed E-state index contributed by atoms with van der Waals surface area (Å²) in [6, 6.07) is -0.208. The smallest absolute Gasteiger partial charge is 0.315 e. The Balaban J connectivity index is 2.42. The van der Waals surface area contributed by atoms with Crippen LogP contribution in [0.4, 0.5) is 4.79 Å². The van der Waals surface area contributed by atoms with Gasteiger partial charge >= 0.3 is 6.03 Å². The van der Waals surface area contributed by atoms with Gasteiger partial charge in [-0.2, -0.15) is 0 Å². The van der Waals surface area contributed by atoms with Crippen LogP contribution in [-0.4, -0.2) is 42.0 Å². The molecule has 0 spiro atoms. The van der Waals surface area contributed by atoms with Crippen molar-refractivity contribution in [2.75, 3.05) is 13.7 Å². The second-order valence-corrected chi connectivity index (χ2v) is 6.52. The van der Waals surface area contributed by atoms with Crippen LogP contribution in [0.15, 0.2) is 0 Å². The molecule has 0 aromatic heterocycles. The van der Waals surface area contributed by atoms with Gasteiger partial charge < -0.3 is 20.5 Å².